The number of nitrogens with zero attached hydrogens (tertiary/aromatic N) is 2. The van der Waals surface area contributed by atoms with E-state index in [-0.39, 0.29) is 0 Å². The van der Waals surface area contributed by atoms with Crippen LogP contribution in [0.3, 0.4) is 0 Å². The molecule has 1 heterocycles. The quantitative estimate of drug-likeness (QED) is 0.321. The average molecular weight is 529 g/mol. The van der Waals surface area contributed by atoms with Crippen LogP contribution in [-0.2, 0) is 25.9 Å². The molecule has 1 N–H and O–H groups in total. The monoisotopic (exact) mass is 528 g/mol. The zero-order chi connectivity index (χ0) is 27.2. The minimum Gasteiger partial charge on any atom is -0.508 e. The molecule has 5 rings (SSSR count). The van der Waals surface area contributed by atoms with Gasteiger partial charge in [0.2, 0.25) is 0 Å². The van der Waals surface area contributed by atoms with Crippen LogP contribution in [0.4, 0.5) is 5.69 Å². The molecule has 0 radical (unpaired) electrons. The summed E-state index contributed by atoms with van der Waals surface area (Å²) >= 11 is 0. The largest absolute Gasteiger partial charge is 0.508 e. The Kier molecular flexibility index (Phi) is 8.98. The molecular weight excluding hydrogens is 484 g/mol. The van der Waals surface area contributed by atoms with E-state index in [0.717, 1.165) is 50.4 Å². The topological polar surface area (TPSA) is 45.2 Å². The molecule has 0 amide bonds. The summed E-state index contributed by atoms with van der Waals surface area (Å²) in [6.07, 6.45) is 8.36. The van der Waals surface area contributed by atoms with Gasteiger partial charge in [-0.2, -0.15) is 0 Å². The number of rotatable bonds is 9. The van der Waals surface area contributed by atoms with Crippen molar-refractivity contribution in [2.24, 2.45) is 0 Å². The van der Waals surface area contributed by atoms with Crippen molar-refractivity contribution < 1.29 is 14.6 Å². The van der Waals surface area contributed by atoms with Crippen LogP contribution >= 0.6 is 0 Å². The Morgan fingerprint density at radius 3 is 2.23 bits per heavy atom. The number of fused-ring (bicyclic) bond motifs is 1. The predicted molar refractivity (Wildman–Crippen MR) is 159 cm³/mol. The highest BCUT2D eigenvalue weighted by molar-refractivity contribution is 5.64. The number of aromatic hydroxyl groups is 1. The van der Waals surface area contributed by atoms with Crippen LogP contribution in [0.15, 0.2) is 54.6 Å². The van der Waals surface area contributed by atoms with Gasteiger partial charge in [-0.15, -0.1) is 0 Å². The van der Waals surface area contributed by atoms with Gasteiger partial charge in [0, 0.05) is 31.4 Å². The van der Waals surface area contributed by atoms with E-state index >= 15 is 0 Å². The maximum absolute atomic E-state index is 9.96. The van der Waals surface area contributed by atoms with Gasteiger partial charge in [-0.25, -0.2) is 0 Å². The molecule has 5 heteroatoms. The molecule has 1 atom stereocenters. The number of ether oxygens (including phenoxy) is 2. The zero-order valence-electron chi connectivity index (χ0n) is 23.9. The third-order valence-electron chi connectivity index (χ3n) is 8.61. The zero-order valence-corrected chi connectivity index (χ0v) is 23.9. The first-order valence-electron chi connectivity index (χ1n) is 14.7. The van der Waals surface area contributed by atoms with Gasteiger partial charge in [0.05, 0.1) is 14.2 Å². The summed E-state index contributed by atoms with van der Waals surface area (Å²) in [6.45, 7) is 7.47. The van der Waals surface area contributed by atoms with Gasteiger partial charge in [-0.3, -0.25) is 4.90 Å². The summed E-state index contributed by atoms with van der Waals surface area (Å²) in [6, 6.07) is 19.4. The summed E-state index contributed by atoms with van der Waals surface area (Å²) in [5.41, 5.74) is 7.85. The lowest BCUT2D eigenvalue weighted by Crippen LogP contribution is -2.25. The van der Waals surface area contributed by atoms with Gasteiger partial charge < -0.3 is 19.5 Å². The van der Waals surface area contributed by atoms with E-state index < -0.39 is 0 Å². The second-order valence-corrected chi connectivity index (χ2v) is 11.2. The number of anilines is 1. The summed E-state index contributed by atoms with van der Waals surface area (Å²) in [7, 11) is 3.43. The van der Waals surface area contributed by atoms with Crippen molar-refractivity contribution in [2.45, 2.75) is 70.9 Å². The van der Waals surface area contributed by atoms with Gasteiger partial charge in [-0.1, -0.05) is 43.2 Å². The lowest BCUT2D eigenvalue weighted by Gasteiger charge is -2.32. The fourth-order valence-electron chi connectivity index (χ4n) is 6.38. The molecule has 1 aliphatic carbocycles. The van der Waals surface area contributed by atoms with Crippen molar-refractivity contribution in [1.82, 2.24) is 4.90 Å². The number of likely N-dealkylation sites (tertiary alicyclic amines) is 1. The molecular formula is C34H44N2O3. The summed E-state index contributed by atoms with van der Waals surface area (Å²) < 4.78 is 11.5. The molecule has 3 aromatic carbocycles. The highest BCUT2D eigenvalue weighted by Crippen LogP contribution is 2.43. The van der Waals surface area contributed by atoms with Gasteiger partial charge in [0.1, 0.15) is 5.75 Å². The Hall–Kier alpha value is -3.18. The number of phenolic OH excluding ortho intramolecular Hbond substituents is 1. The molecule has 1 aliphatic heterocycles. The van der Waals surface area contributed by atoms with Crippen molar-refractivity contribution in [2.75, 3.05) is 38.8 Å². The van der Waals surface area contributed by atoms with E-state index in [1.807, 2.05) is 12.1 Å². The third kappa shape index (κ3) is 6.52. The van der Waals surface area contributed by atoms with Crippen LogP contribution in [-0.4, -0.2) is 43.9 Å². The molecule has 208 valence electrons. The second-order valence-electron chi connectivity index (χ2n) is 11.2. The van der Waals surface area contributed by atoms with E-state index in [4.69, 9.17) is 9.47 Å². The molecule has 0 bridgehead atoms. The molecule has 1 unspecified atom stereocenters. The van der Waals surface area contributed by atoms with Crippen LogP contribution in [0.2, 0.25) is 0 Å². The average Bonchev–Trinajstić information content (AvgIpc) is 3.24. The molecule has 1 fully saturated rings. The lowest BCUT2D eigenvalue weighted by molar-refractivity contribution is 0.277. The minimum absolute atomic E-state index is 0.355. The highest BCUT2D eigenvalue weighted by Gasteiger charge is 2.26. The number of phenols is 1. The molecule has 0 aromatic heterocycles. The maximum atomic E-state index is 9.96. The van der Waals surface area contributed by atoms with Crippen molar-refractivity contribution in [3.05, 3.63) is 82.4 Å². The molecule has 3 aromatic rings. The van der Waals surface area contributed by atoms with Gasteiger partial charge in [0.15, 0.2) is 11.5 Å². The second kappa shape index (κ2) is 12.8. The Balaban J connectivity index is 1.38. The fourth-order valence-corrected chi connectivity index (χ4v) is 6.38. The van der Waals surface area contributed by atoms with Crippen molar-refractivity contribution >= 4 is 5.69 Å². The van der Waals surface area contributed by atoms with E-state index in [2.05, 4.69) is 59.2 Å². The lowest BCUT2D eigenvalue weighted by atomic mass is 9.79. The standard InChI is InChI=1S/C34H44N2O3/c1-4-36(24-26-11-9-25(10-12-26)23-35-17-7-5-6-8-18-35)32-22-34(39-3)33(38-2)21-31(32)29-14-13-28-20-30(37)16-15-27(28)19-29/h9-12,15-16,20-22,29,37H,4-8,13-14,17-19,23-24H2,1-3H3. The Morgan fingerprint density at radius 1 is 0.846 bits per heavy atom. The number of aryl methyl sites for hydroxylation is 1. The predicted octanol–water partition coefficient (Wildman–Crippen LogP) is 7.08. The van der Waals surface area contributed by atoms with Crippen LogP contribution in [0.25, 0.3) is 0 Å². The van der Waals surface area contributed by atoms with Crippen LogP contribution in [0, 0.1) is 0 Å². The normalized spacial score (nSPS) is 17.8. The Labute approximate surface area is 234 Å². The number of hydrogen-bond donors (Lipinski definition) is 1. The first kappa shape index (κ1) is 27.4. The molecule has 1 saturated heterocycles. The van der Waals surface area contributed by atoms with E-state index in [1.165, 1.54) is 72.3 Å². The number of benzene rings is 3. The summed E-state index contributed by atoms with van der Waals surface area (Å²) in [5, 5.41) is 9.96. The van der Waals surface area contributed by atoms with E-state index in [1.54, 1.807) is 14.2 Å². The van der Waals surface area contributed by atoms with Crippen LogP contribution in [0.1, 0.15) is 72.8 Å². The molecule has 2 aliphatic rings. The maximum Gasteiger partial charge on any atom is 0.162 e. The highest BCUT2D eigenvalue weighted by atomic mass is 16.5. The van der Waals surface area contributed by atoms with Crippen molar-refractivity contribution in [3.8, 4) is 17.2 Å². The first-order valence-corrected chi connectivity index (χ1v) is 14.7. The van der Waals surface area contributed by atoms with Gasteiger partial charge in [0.25, 0.3) is 0 Å². The van der Waals surface area contributed by atoms with Gasteiger partial charge >= 0.3 is 0 Å². The van der Waals surface area contributed by atoms with Crippen molar-refractivity contribution in [3.63, 3.8) is 0 Å². The molecule has 5 nitrogen and oxygen atoms in total. The van der Waals surface area contributed by atoms with E-state index in [0.29, 0.717) is 11.7 Å². The van der Waals surface area contributed by atoms with Crippen molar-refractivity contribution in [1.29, 1.82) is 0 Å². The molecule has 0 spiro atoms. The Bertz CT molecular complexity index is 1230. The third-order valence-corrected chi connectivity index (χ3v) is 8.61. The Morgan fingerprint density at radius 2 is 1.54 bits per heavy atom. The van der Waals surface area contributed by atoms with Crippen LogP contribution < -0.4 is 14.4 Å². The summed E-state index contributed by atoms with van der Waals surface area (Å²) in [5.74, 6) is 2.28. The minimum atomic E-state index is 0.355. The summed E-state index contributed by atoms with van der Waals surface area (Å²) in [4.78, 5) is 5.08. The van der Waals surface area contributed by atoms with E-state index in [9.17, 15) is 5.11 Å². The fraction of sp³-hybridized carbons (Fsp3) is 0.471. The number of hydrogen-bond acceptors (Lipinski definition) is 5. The smallest absolute Gasteiger partial charge is 0.162 e. The van der Waals surface area contributed by atoms with Gasteiger partial charge in [-0.05, 0) is 104 Å². The SMILES string of the molecule is CCN(Cc1ccc(CN2CCCCCC2)cc1)c1cc(OC)c(OC)cc1C1CCc2cc(O)ccc2C1. The molecule has 39 heavy (non-hydrogen) atoms. The number of methoxy groups -OCH3 is 2. The first-order chi connectivity index (χ1) is 19.1. The van der Waals surface area contributed by atoms with Crippen LogP contribution in [0.5, 0.6) is 17.2 Å². The molecule has 0 saturated carbocycles.